The summed E-state index contributed by atoms with van der Waals surface area (Å²) in [6.45, 7) is 4.67. The fourth-order valence-corrected chi connectivity index (χ4v) is 2.30. The van der Waals surface area contributed by atoms with Crippen LogP contribution in [0.4, 0.5) is 0 Å². The van der Waals surface area contributed by atoms with E-state index in [4.69, 9.17) is 10.00 Å². The molecule has 112 valence electrons. The van der Waals surface area contributed by atoms with Crippen molar-refractivity contribution < 1.29 is 9.53 Å². The van der Waals surface area contributed by atoms with Crippen molar-refractivity contribution in [3.05, 3.63) is 23.8 Å². The van der Waals surface area contributed by atoms with Crippen molar-refractivity contribution in [1.82, 2.24) is 5.32 Å². The minimum Gasteiger partial charge on any atom is -0.462 e. The zero-order valence-corrected chi connectivity index (χ0v) is 12.5. The van der Waals surface area contributed by atoms with Gasteiger partial charge >= 0.3 is 5.97 Å². The van der Waals surface area contributed by atoms with Gasteiger partial charge in [-0.1, -0.05) is 25.5 Å². The van der Waals surface area contributed by atoms with E-state index >= 15 is 0 Å². The molecule has 2 aliphatic carbocycles. The van der Waals surface area contributed by atoms with E-state index in [9.17, 15) is 4.79 Å². The minimum absolute atomic E-state index is 0.170. The quantitative estimate of drug-likeness (QED) is 0.693. The molecule has 1 saturated heterocycles. The van der Waals surface area contributed by atoms with Gasteiger partial charge in [-0.25, -0.2) is 4.79 Å². The smallest absolute Gasteiger partial charge is 0.338 e. The molecule has 0 bridgehead atoms. The average Bonchev–Trinajstić information content (AvgIpc) is 2.51. The molecule has 1 fully saturated rings. The normalized spacial score (nSPS) is 15.4. The Balaban J connectivity index is 0.000000173. The Morgan fingerprint density at radius 1 is 1.43 bits per heavy atom. The maximum Gasteiger partial charge on any atom is 0.338 e. The lowest BCUT2D eigenvalue weighted by Gasteiger charge is -2.19. The molecule has 4 heteroatoms. The summed E-state index contributed by atoms with van der Waals surface area (Å²) < 4.78 is 5.06. The van der Waals surface area contributed by atoms with Crippen LogP contribution in [0.2, 0.25) is 0 Å². The topological polar surface area (TPSA) is 62.1 Å². The van der Waals surface area contributed by atoms with E-state index in [1.807, 2.05) is 18.2 Å². The minimum atomic E-state index is -0.170. The van der Waals surface area contributed by atoms with E-state index < -0.39 is 0 Å². The van der Waals surface area contributed by atoms with Gasteiger partial charge in [-0.05, 0) is 49.5 Å². The van der Waals surface area contributed by atoms with Gasteiger partial charge in [0.1, 0.15) is 0 Å². The number of hydrogen-bond donors (Lipinski definition) is 1. The number of esters is 1. The van der Waals surface area contributed by atoms with E-state index in [2.05, 4.69) is 18.3 Å². The number of carbonyl (C=O) groups is 1. The SMILES string of the molecule is CCCCOC(=O)c1cc2ccc1-2.N#CC1CCNCC1. The summed E-state index contributed by atoms with van der Waals surface area (Å²) in [7, 11) is 0. The van der Waals surface area contributed by atoms with Gasteiger partial charge in [0.05, 0.1) is 18.2 Å². The maximum absolute atomic E-state index is 11.3. The third-order valence-corrected chi connectivity index (χ3v) is 3.80. The molecule has 0 spiro atoms. The summed E-state index contributed by atoms with van der Waals surface area (Å²) in [6.07, 6.45) is 4.08. The van der Waals surface area contributed by atoms with Crippen molar-refractivity contribution in [3.8, 4) is 17.2 Å². The molecule has 3 rings (SSSR count). The molecule has 0 aromatic heterocycles. The van der Waals surface area contributed by atoms with Crippen molar-refractivity contribution in [3.63, 3.8) is 0 Å². The predicted molar refractivity (Wildman–Crippen MR) is 81.8 cm³/mol. The van der Waals surface area contributed by atoms with Crippen molar-refractivity contribution in [1.29, 1.82) is 5.26 Å². The van der Waals surface area contributed by atoms with Gasteiger partial charge in [0.15, 0.2) is 0 Å². The highest BCUT2D eigenvalue weighted by molar-refractivity contribution is 6.04. The second kappa shape index (κ2) is 7.80. The van der Waals surface area contributed by atoms with E-state index in [0.29, 0.717) is 12.5 Å². The summed E-state index contributed by atoms with van der Waals surface area (Å²) in [6, 6.07) is 8.09. The van der Waals surface area contributed by atoms with Crippen LogP contribution in [0.3, 0.4) is 0 Å². The molecule has 1 aliphatic heterocycles. The molecule has 0 aromatic carbocycles. The standard InChI is InChI=1S/C11H12O2.C6H10N2/c1-2-3-6-13-11(12)10-7-8-4-5-9(8)10;7-5-6-1-3-8-4-2-6/h4-5,7H,2-3,6H2,1H3;6,8H,1-4H2. The molecular formula is C17H22N2O2. The van der Waals surface area contributed by atoms with E-state index in [1.165, 1.54) is 5.56 Å². The lowest BCUT2D eigenvalue weighted by atomic mass is 9.87. The van der Waals surface area contributed by atoms with E-state index in [0.717, 1.165) is 49.9 Å². The fraction of sp³-hybridized carbons (Fsp3) is 0.529. The van der Waals surface area contributed by atoms with Gasteiger partial charge in [-0.3, -0.25) is 0 Å². The Bertz CT molecular complexity index is 528. The fourth-order valence-electron chi connectivity index (χ4n) is 2.30. The molecule has 0 radical (unpaired) electrons. The number of unbranched alkanes of at least 4 members (excludes halogenated alkanes) is 1. The van der Waals surface area contributed by atoms with Crippen LogP contribution in [0.25, 0.3) is 11.1 Å². The third kappa shape index (κ3) is 4.05. The Kier molecular flexibility index (Phi) is 5.77. The number of nitrogens with zero attached hydrogens (tertiary/aromatic N) is 1. The highest BCUT2D eigenvalue weighted by atomic mass is 16.5. The first-order chi connectivity index (χ1) is 10.3. The molecule has 0 aromatic rings. The summed E-state index contributed by atoms with van der Waals surface area (Å²) >= 11 is 0. The number of benzene rings is 1. The summed E-state index contributed by atoms with van der Waals surface area (Å²) in [5, 5.41) is 11.6. The van der Waals surface area contributed by atoms with Crippen molar-refractivity contribution in [2.24, 2.45) is 5.92 Å². The molecular weight excluding hydrogens is 264 g/mol. The molecule has 1 N–H and O–H groups in total. The number of carbonyl (C=O) groups excluding carboxylic acids is 1. The summed E-state index contributed by atoms with van der Waals surface area (Å²) in [5.74, 6) is 0.160. The Morgan fingerprint density at radius 2 is 2.19 bits per heavy atom. The molecule has 3 aliphatic rings. The molecule has 1 heterocycles. The summed E-state index contributed by atoms with van der Waals surface area (Å²) in [5.41, 5.74) is 3.00. The monoisotopic (exact) mass is 286 g/mol. The van der Waals surface area contributed by atoms with Gasteiger partial charge < -0.3 is 10.1 Å². The van der Waals surface area contributed by atoms with Crippen LogP contribution in [0.15, 0.2) is 18.2 Å². The zero-order valence-electron chi connectivity index (χ0n) is 12.5. The van der Waals surface area contributed by atoms with Crippen molar-refractivity contribution in [2.45, 2.75) is 32.6 Å². The third-order valence-electron chi connectivity index (χ3n) is 3.80. The molecule has 0 saturated carbocycles. The lowest BCUT2D eigenvalue weighted by Crippen LogP contribution is -2.26. The van der Waals surface area contributed by atoms with E-state index in [1.54, 1.807) is 0 Å². The van der Waals surface area contributed by atoms with Crippen LogP contribution >= 0.6 is 0 Å². The van der Waals surface area contributed by atoms with Crippen LogP contribution in [0.1, 0.15) is 43.0 Å². The molecule has 21 heavy (non-hydrogen) atoms. The predicted octanol–water partition coefficient (Wildman–Crippen LogP) is 3.13. The van der Waals surface area contributed by atoms with Crippen molar-refractivity contribution >= 4 is 5.97 Å². The highest BCUT2D eigenvalue weighted by Crippen LogP contribution is 2.36. The molecule has 4 nitrogen and oxygen atoms in total. The van der Waals surface area contributed by atoms with Crippen LogP contribution < -0.4 is 5.32 Å². The number of piperidine rings is 1. The Morgan fingerprint density at radius 3 is 2.62 bits per heavy atom. The zero-order chi connectivity index (χ0) is 15.1. The highest BCUT2D eigenvalue weighted by Gasteiger charge is 2.22. The Labute approximate surface area is 126 Å². The van der Waals surface area contributed by atoms with Gasteiger partial charge in [0.2, 0.25) is 0 Å². The first kappa shape index (κ1) is 15.5. The molecule has 0 unspecified atom stereocenters. The largest absolute Gasteiger partial charge is 0.462 e. The second-order valence-corrected chi connectivity index (χ2v) is 5.40. The van der Waals surface area contributed by atoms with Gasteiger partial charge in [-0.2, -0.15) is 5.26 Å². The van der Waals surface area contributed by atoms with Crippen LogP contribution in [0, 0.1) is 17.2 Å². The number of ether oxygens (including phenoxy) is 1. The van der Waals surface area contributed by atoms with Gasteiger partial charge in [-0.15, -0.1) is 0 Å². The average molecular weight is 286 g/mol. The van der Waals surface area contributed by atoms with Crippen LogP contribution in [-0.2, 0) is 4.74 Å². The number of fused-ring (bicyclic) bond motifs is 1. The summed E-state index contributed by atoms with van der Waals surface area (Å²) in [4.78, 5) is 11.3. The van der Waals surface area contributed by atoms with Crippen LogP contribution in [0.5, 0.6) is 0 Å². The number of nitriles is 1. The number of rotatable bonds is 4. The van der Waals surface area contributed by atoms with Crippen LogP contribution in [-0.4, -0.2) is 25.7 Å². The van der Waals surface area contributed by atoms with E-state index in [-0.39, 0.29) is 5.97 Å². The number of hydrogen-bond acceptors (Lipinski definition) is 4. The second-order valence-electron chi connectivity index (χ2n) is 5.40. The Hall–Kier alpha value is -1.86. The molecule has 0 atom stereocenters. The van der Waals surface area contributed by atoms with Gasteiger partial charge in [0, 0.05) is 5.92 Å². The number of nitrogens with one attached hydrogen (secondary N) is 1. The van der Waals surface area contributed by atoms with Gasteiger partial charge in [0.25, 0.3) is 0 Å². The lowest BCUT2D eigenvalue weighted by molar-refractivity contribution is 0.0499. The molecule has 0 amide bonds. The van der Waals surface area contributed by atoms with Crippen molar-refractivity contribution in [2.75, 3.05) is 19.7 Å². The maximum atomic E-state index is 11.3. The first-order valence-corrected chi connectivity index (χ1v) is 7.68. The first-order valence-electron chi connectivity index (χ1n) is 7.68.